The van der Waals surface area contributed by atoms with E-state index in [1.807, 2.05) is 27.7 Å². The summed E-state index contributed by atoms with van der Waals surface area (Å²) in [5.74, 6) is -0.753. The molecule has 0 rings (SSSR count). The van der Waals surface area contributed by atoms with Crippen LogP contribution in [-0.2, 0) is 19.3 Å². The predicted molar refractivity (Wildman–Crippen MR) is 59.5 cm³/mol. The summed E-state index contributed by atoms with van der Waals surface area (Å²) in [5, 5.41) is 8.03. The SMILES string of the molecule is CC(CC(=O)OC(=O)OOC(=O)O)CC(C)(C)C. The molecule has 0 bridgehead atoms. The molecular weight excluding hydrogens is 244 g/mol. The van der Waals surface area contributed by atoms with Gasteiger partial charge in [0.05, 0.1) is 0 Å². The van der Waals surface area contributed by atoms with Gasteiger partial charge in [0.25, 0.3) is 0 Å². The molecule has 18 heavy (non-hydrogen) atoms. The molecule has 0 saturated carbocycles. The molecule has 0 spiro atoms. The van der Waals surface area contributed by atoms with E-state index in [1.54, 1.807) is 0 Å². The summed E-state index contributed by atoms with van der Waals surface area (Å²) in [4.78, 5) is 39.1. The van der Waals surface area contributed by atoms with Crippen molar-refractivity contribution in [2.75, 3.05) is 0 Å². The van der Waals surface area contributed by atoms with Crippen molar-refractivity contribution in [3.63, 3.8) is 0 Å². The summed E-state index contributed by atoms with van der Waals surface area (Å²) in [5.41, 5.74) is 0.0621. The minimum absolute atomic E-state index is 0.0330. The van der Waals surface area contributed by atoms with E-state index in [0.717, 1.165) is 6.42 Å². The second kappa shape index (κ2) is 6.83. The largest absolute Gasteiger partial charge is 0.558 e. The van der Waals surface area contributed by atoms with Crippen LogP contribution in [0.25, 0.3) is 0 Å². The van der Waals surface area contributed by atoms with Gasteiger partial charge in [-0.25, -0.2) is 9.68 Å². The van der Waals surface area contributed by atoms with Crippen molar-refractivity contribution >= 4 is 18.3 Å². The quantitative estimate of drug-likeness (QED) is 0.361. The molecule has 0 saturated heterocycles. The third-order valence-electron chi connectivity index (χ3n) is 1.85. The summed E-state index contributed by atoms with van der Waals surface area (Å²) >= 11 is 0. The number of carbonyl (C=O) groups is 3. The van der Waals surface area contributed by atoms with Crippen molar-refractivity contribution < 1.29 is 34.0 Å². The molecule has 7 nitrogen and oxygen atoms in total. The highest BCUT2D eigenvalue weighted by Crippen LogP contribution is 2.26. The lowest BCUT2D eigenvalue weighted by Crippen LogP contribution is -2.19. The van der Waals surface area contributed by atoms with Gasteiger partial charge in [0.15, 0.2) is 0 Å². The van der Waals surface area contributed by atoms with Crippen LogP contribution < -0.4 is 0 Å². The highest BCUT2D eigenvalue weighted by Gasteiger charge is 2.21. The number of hydrogen-bond acceptors (Lipinski definition) is 6. The van der Waals surface area contributed by atoms with Gasteiger partial charge in [0.1, 0.15) is 0 Å². The minimum atomic E-state index is -1.81. The van der Waals surface area contributed by atoms with Crippen LogP contribution in [0, 0.1) is 11.3 Å². The summed E-state index contributed by atoms with van der Waals surface area (Å²) in [6.07, 6.45) is -2.48. The number of carbonyl (C=O) groups excluding carboxylic acids is 2. The molecule has 7 heteroatoms. The molecule has 0 aliphatic rings. The van der Waals surface area contributed by atoms with E-state index < -0.39 is 18.3 Å². The lowest BCUT2D eigenvalue weighted by molar-refractivity contribution is -0.214. The van der Waals surface area contributed by atoms with E-state index in [9.17, 15) is 14.4 Å². The highest BCUT2D eigenvalue weighted by atomic mass is 17.3. The third-order valence-corrected chi connectivity index (χ3v) is 1.85. The first kappa shape index (κ1) is 16.2. The number of rotatable bonds is 3. The molecule has 0 aromatic heterocycles. The molecule has 0 radical (unpaired) electrons. The fourth-order valence-corrected chi connectivity index (χ4v) is 1.62. The Morgan fingerprint density at radius 3 is 2.17 bits per heavy atom. The van der Waals surface area contributed by atoms with Gasteiger partial charge in [-0.15, -0.1) is 0 Å². The summed E-state index contributed by atoms with van der Waals surface area (Å²) in [6, 6.07) is 0. The van der Waals surface area contributed by atoms with E-state index in [4.69, 9.17) is 5.11 Å². The maximum atomic E-state index is 11.3. The number of ether oxygens (including phenoxy) is 1. The van der Waals surface area contributed by atoms with Crippen LogP contribution in [0.4, 0.5) is 9.59 Å². The molecular formula is C11H18O7. The van der Waals surface area contributed by atoms with Crippen molar-refractivity contribution in [2.45, 2.75) is 40.5 Å². The zero-order valence-electron chi connectivity index (χ0n) is 10.9. The Labute approximate surface area is 105 Å². The standard InChI is InChI=1S/C11H18O7/c1-7(6-11(2,3)4)5-8(12)16-10(15)18-17-9(13)14/h7H,5-6H2,1-4H3,(H,13,14). The Morgan fingerprint density at radius 1 is 1.17 bits per heavy atom. The van der Waals surface area contributed by atoms with Crippen molar-refractivity contribution in [3.8, 4) is 0 Å². The molecule has 1 N–H and O–H groups in total. The molecule has 1 atom stereocenters. The van der Waals surface area contributed by atoms with Crippen LogP contribution >= 0.6 is 0 Å². The van der Waals surface area contributed by atoms with Gasteiger partial charge in [-0.05, 0) is 17.8 Å². The third kappa shape index (κ3) is 9.44. The molecule has 0 heterocycles. The average Bonchev–Trinajstić information content (AvgIpc) is 2.10. The average molecular weight is 262 g/mol. The maximum absolute atomic E-state index is 11.3. The molecule has 0 aliphatic heterocycles. The van der Waals surface area contributed by atoms with Crippen LogP contribution in [0.15, 0.2) is 0 Å². The van der Waals surface area contributed by atoms with E-state index in [2.05, 4.69) is 14.5 Å². The summed E-state index contributed by atoms with van der Waals surface area (Å²) in [6.45, 7) is 7.95. The smallest absolute Gasteiger partial charge is 0.447 e. The molecule has 104 valence electrons. The second-order valence-electron chi connectivity index (χ2n) is 5.23. The number of hydrogen-bond donors (Lipinski definition) is 1. The van der Waals surface area contributed by atoms with Crippen molar-refractivity contribution in [1.82, 2.24) is 0 Å². The first-order chi connectivity index (χ1) is 8.10. The van der Waals surface area contributed by atoms with Gasteiger partial charge in [-0.3, -0.25) is 4.79 Å². The van der Waals surface area contributed by atoms with Crippen molar-refractivity contribution in [2.24, 2.45) is 11.3 Å². The van der Waals surface area contributed by atoms with E-state index >= 15 is 0 Å². The van der Waals surface area contributed by atoms with Gasteiger partial charge in [-0.1, -0.05) is 27.7 Å². The van der Waals surface area contributed by atoms with Gasteiger partial charge in [-0.2, -0.15) is 9.68 Å². The van der Waals surface area contributed by atoms with E-state index in [1.165, 1.54) is 0 Å². The summed E-state index contributed by atoms with van der Waals surface area (Å²) < 4.78 is 4.20. The lowest BCUT2D eigenvalue weighted by atomic mass is 9.84. The van der Waals surface area contributed by atoms with Crippen molar-refractivity contribution in [1.29, 1.82) is 0 Å². The van der Waals surface area contributed by atoms with Crippen LogP contribution in [0.5, 0.6) is 0 Å². The monoisotopic (exact) mass is 262 g/mol. The lowest BCUT2D eigenvalue weighted by Gasteiger charge is -2.22. The predicted octanol–water partition coefficient (Wildman–Crippen LogP) is 2.74. The zero-order chi connectivity index (χ0) is 14.3. The first-order valence-corrected chi connectivity index (χ1v) is 5.42. The van der Waals surface area contributed by atoms with Crippen LogP contribution in [-0.4, -0.2) is 23.4 Å². The molecule has 0 aromatic rings. The van der Waals surface area contributed by atoms with Crippen molar-refractivity contribution in [3.05, 3.63) is 0 Å². The maximum Gasteiger partial charge on any atom is 0.558 e. The number of esters is 1. The van der Waals surface area contributed by atoms with Crippen LogP contribution in [0.1, 0.15) is 40.5 Å². The fraction of sp³-hybridized carbons (Fsp3) is 0.727. The Balaban J connectivity index is 3.96. The first-order valence-electron chi connectivity index (χ1n) is 5.42. The van der Waals surface area contributed by atoms with Crippen LogP contribution in [0.2, 0.25) is 0 Å². The topological polar surface area (TPSA) is 99.1 Å². The van der Waals surface area contributed by atoms with Crippen LogP contribution in [0.3, 0.4) is 0 Å². The fourth-order valence-electron chi connectivity index (χ4n) is 1.62. The summed E-state index contributed by atoms with van der Waals surface area (Å²) in [7, 11) is 0. The Kier molecular flexibility index (Phi) is 6.15. The molecule has 0 fully saturated rings. The highest BCUT2D eigenvalue weighted by molar-refractivity contribution is 5.81. The Hall–Kier alpha value is -1.79. The normalized spacial score (nSPS) is 12.4. The Morgan fingerprint density at radius 2 is 1.72 bits per heavy atom. The zero-order valence-corrected chi connectivity index (χ0v) is 10.9. The Bertz CT molecular complexity index is 316. The van der Waals surface area contributed by atoms with Gasteiger partial charge >= 0.3 is 18.3 Å². The van der Waals surface area contributed by atoms with Gasteiger partial charge < -0.3 is 9.84 Å². The minimum Gasteiger partial charge on any atom is -0.447 e. The van der Waals surface area contributed by atoms with Gasteiger partial charge in [0, 0.05) is 6.42 Å². The van der Waals surface area contributed by atoms with E-state index in [0.29, 0.717) is 0 Å². The number of carboxylic acid groups (broad SMARTS) is 1. The molecule has 1 unspecified atom stereocenters. The van der Waals surface area contributed by atoms with Gasteiger partial charge in [0.2, 0.25) is 0 Å². The molecule has 0 aliphatic carbocycles. The molecule has 0 amide bonds. The second-order valence-corrected chi connectivity index (χ2v) is 5.23. The van der Waals surface area contributed by atoms with E-state index in [-0.39, 0.29) is 17.8 Å². The molecule has 0 aromatic carbocycles.